The van der Waals surface area contributed by atoms with Gasteiger partial charge in [0.05, 0.1) is 16.4 Å². The number of ether oxygens (including phenoxy) is 1. The minimum atomic E-state index is -0.571. The number of anilines is 1. The summed E-state index contributed by atoms with van der Waals surface area (Å²) in [6.45, 7) is 1.98. The molecule has 3 amide bonds. The van der Waals surface area contributed by atoms with Crippen molar-refractivity contribution >= 4 is 46.3 Å². The first kappa shape index (κ1) is 23.8. The number of amides is 3. The molecule has 2 aromatic carbocycles. The Hall–Kier alpha value is -4.38. The lowest BCUT2D eigenvalue weighted by Gasteiger charge is -2.13. The van der Waals surface area contributed by atoms with Crippen LogP contribution in [0.15, 0.2) is 71.8 Å². The van der Waals surface area contributed by atoms with Gasteiger partial charge in [-0.2, -0.15) is 0 Å². The number of rotatable bonds is 8. The highest BCUT2D eigenvalue weighted by molar-refractivity contribution is 8.18. The Morgan fingerprint density at radius 2 is 1.83 bits per heavy atom. The first-order chi connectivity index (χ1) is 16.9. The number of benzene rings is 2. The topological polar surface area (TPSA) is 124 Å². The number of thioether (sulfide) groups is 1. The molecular weight excluding hydrogens is 472 g/mol. The highest BCUT2D eigenvalue weighted by atomic mass is 32.2. The number of hydrogen-bond acceptors (Lipinski definition) is 7. The van der Waals surface area contributed by atoms with Crippen molar-refractivity contribution in [3.05, 3.63) is 87.6 Å². The molecule has 35 heavy (non-hydrogen) atoms. The van der Waals surface area contributed by atoms with Gasteiger partial charge in [0.25, 0.3) is 16.8 Å². The third-order valence-electron chi connectivity index (χ3n) is 5.02. The van der Waals surface area contributed by atoms with Gasteiger partial charge in [-0.1, -0.05) is 0 Å². The van der Waals surface area contributed by atoms with Gasteiger partial charge in [0.2, 0.25) is 5.91 Å². The molecule has 1 aliphatic heterocycles. The number of hydrogen-bond donors (Lipinski definition) is 1. The second-order valence-corrected chi connectivity index (χ2v) is 8.34. The summed E-state index contributed by atoms with van der Waals surface area (Å²) in [5.74, 6) is -0.412. The van der Waals surface area contributed by atoms with Gasteiger partial charge in [-0.15, -0.1) is 0 Å². The predicted molar refractivity (Wildman–Crippen MR) is 131 cm³/mol. The number of nitrogens with zero attached hydrogens (tertiary/aromatic N) is 3. The van der Waals surface area contributed by atoms with Crippen LogP contribution >= 0.6 is 11.8 Å². The van der Waals surface area contributed by atoms with Crippen molar-refractivity contribution in [2.75, 3.05) is 18.5 Å². The van der Waals surface area contributed by atoms with Crippen molar-refractivity contribution in [1.29, 1.82) is 0 Å². The van der Waals surface area contributed by atoms with Crippen molar-refractivity contribution < 1.29 is 24.0 Å². The molecule has 0 atom stereocenters. The molecule has 0 saturated carbocycles. The van der Waals surface area contributed by atoms with Crippen molar-refractivity contribution in [3.8, 4) is 11.4 Å². The Kier molecular flexibility index (Phi) is 6.97. The molecule has 0 aliphatic carbocycles. The van der Waals surface area contributed by atoms with Gasteiger partial charge in [0, 0.05) is 35.4 Å². The Morgan fingerprint density at radius 1 is 1.11 bits per heavy atom. The maximum Gasteiger partial charge on any atom is 0.294 e. The fraction of sp³-hybridized carbons (Fsp3) is 0.125. The second kappa shape index (κ2) is 10.3. The van der Waals surface area contributed by atoms with Gasteiger partial charge < -0.3 is 14.6 Å². The third-order valence-corrected chi connectivity index (χ3v) is 5.93. The van der Waals surface area contributed by atoms with Gasteiger partial charge in [-0.3, -0.25) is 29.4 Å². The average molecular weight is 493 g/mol. The number of carbonyl (C=O) groups excluding carboxylic acids is 3. The number of nitro groups is 1. The molecular formula is C24H20N4O6S. The van der Waals surface area contributed by atoms with Crippen LogP contribution < -0.4 is 10.1 Å². The maximum atomic E-state index is 12.8. The lowest BCUT2D eigenvalue weighted by atomic mass is 10.2. The van der Waals surface area contributed by atoms with Crippen LogP contribution in [0.4, 0.5) is 16.2 Å². The molecule has 1 aromatic heterocycles. The molecule has 0 bridgehead atoms. The molecule has 3 aromatic rings. The van der Waals surface area contributed by atoms with Crippen LogP contribution in [-0.2, 0) is 9.59 Å². The van der Waals surface area contributed by atoms with Gasteiger partial charge in [-0.25, -0.2) is 0 Å². The summed E-state index contributed by atoms with van der Waals surface area (Å²) in [5.41, 5.74) is 1.73. The van der Waals surface area contributed by atoms with Crippen molar-refractivity contribution in [3.63, 3.8) is 0 Å². The molecule has 10 nitrogen and oxygen atoms in total. The molecule has 0 unspecified atom stereocenters. The molecule has 1 fully saturated rings. The molecule has 0 radical (unpaired) electrons. The SMILES string of the molecule is CCOc1ccc(NC(=O)CN2C(=O)S/C(=C/c3cccn3-c3ccc([N+](=O)[O-])cc3)C2=O)cc1. The lowest BCUT2D eigenvalue weighted by Crippen LogP contribution is -2.36. The molecule has 11 heteroatoms. The molecule has 178 valence electrons. The largest absolute Gasteiger partial charge is 0.494 e. The van der Waals surface area contributed by atoms with Crippen LogP contribution in [0, 0.1) is 10.1 Å². The summed E-state index contributed by atoms with van der Waals surface area (Å²) in [7, 11) is 0. The van der Waals surface area contributed by atoms with E-state index in [2.05, 4.69) is 5.32 Å². The van der Waals surface area contributed by atoms with Crippen LogP contribution in [-0.4, -0.2) is 44.6 Å². The van der Waals surface area contributed by atoms with Crippen LogP contribution in [0.1, 0.15) is 12.6 Å². The Morgan fingerprint density at radius 3 is 2.49 bits per heavy atom. The number of imide groups is 1. The zero-order valence-corrected chi connectivity index (χ0v) is 19.4. The maximum absolute atomic E-state index is 12.8. The van der Waals surface area contributed by atoms with Gasteiger partial charge in [0.1, 0.15) is 12.3 Å². The number of nitro benzene ring substituents is 1. The normalized spacial score (nSPS) is 14.4. The Bertz CT molecular complexity index is 1310. The van der Waals surface area contributed by atoms with Crippen molar-refractivity contribution in [2.45, 2.75) is 6.92 Å². The first-order valence-electron chi connectivity index (χ1n) is 10.6. The Labute approximate surface area is 204 Å². The first-order valence-corrected chi connectivity index (χ1v) is 11.4. The smallest absolute Gasteiger partial charge is 0.294 e. The van der Waals surface area contributed by atoms with E-state index in [1.165, 1.54) is 12.1 Å². The number of non-ortho nitro benzene ring substituents is 1. The standard InChI is InChI=1S/C24H20N4O6S/c1-2-34-20-11-5-16(6-12-20)25-22(29)15-27-23(30)21(35-24(27)31)14-19-4-3-13-26(19)17-7-9-18(10-8-17)28(32)33/h3-14H,2,15H2,1H3,(H,25,29)/b21-14+. The van der Waals surface area contributed by atoms with E-state index < -0.39 is 28.5 Å². The number of carbonyl (C=O) groups is 3. The van der Waals surface area contributed by atoms with E-state index in [-0.39, 0.29) is 10.6 Å². The van der Waals surface area contributed by atoms with E-state index in [1.807, 2.05) is 6.92 Å². The average Bonchev–Trinajstić information content (AvgIpc) is 3.40. The number of aromatic nitrogens is 1. The third kappa shape index (κ3) is 5.41. The second-order valence-electron chi connectivity index (χ2n) is 7.35. The van der Waals surface area contributed by atoms with Crippen LogP contribution in [0.5, 0.6) is 5.75 Å². The summed E-state index contributed by atoms with van der Waals surface area (Å²) in [6.07, 6.45) is 3.29. The van der Waals surface area contributed by atoms with Crippen LogP contribution in [0.3, 0.4) is 0 Å². The molecule has 1 N–H and O–H groups in total. The van der Waals surface area contributed by atoms with E-state index in [0.717, 1.165) is 16.7 Å². The highest BCUT2D eigenvalue weighted by Gasteiger charge is 2.36. The van der Waals surface area contributed by atoms with E-state index in [0.29, 0.717) is 29.4 Å². The van der Waals surface area contributed by atoms with Crippen LogP contribution in [0.2, 0.25) is 0 Å². The quantitative estimate of drug-likeness (QED) is 0.280. The van der Waals surface area contributed by atoms with E-state index in [1.54, 1.807) is 65.4 Å². The summed E-state index contributed by atoms with van der Waals surface area (Å²) in [5, 5.41) is 13.0. The van der Waals surface area contributed by atoms with Crippen LogP contribution in [0.25, 0.3) is 11.8 Å². The molecule has 1 saturated heterocycles. The lowest BCUT2D eigenvalue weighted by molar-refractivity contribution is -0.384. The zero-order chi connectivity index (χ0) is 24.9. The number of nitrogens with one attached hydrogen (secondary N) is 1. The molecule has 4 rings (SSSR count). The summed E-state index contributed by atoms with van der Waals surface area (Å²) in [6, 6.07) is 16.2. The highest BCUT2D eigenvalue weighted by Crippen LogP contribution is 2.32. The minimum Gasteiger partial charge on any atom is -0.494 e. The fourth-order valence-electron chi connectivity index (χ4n) is 3.40. The van der Waals surface area contributed by atoms with Gasteiger partial charge in [0.15, 0.2) is 0 Å². The summed E-state index contributed by atoms with van der Waals surface area (Å²) < 4.78 is 7.09. The van der Waals surface area contributed by atoms with E-state index in [4.69, 9.17) is 4.74 Å². The summed E-state index contributed by atoms with van der Waals surface area (Å²) in [4.78, 5) is 49.2. The zero-order valence-electron chi connectivity index (χ0n) is 18.5. The van der Waals surface area contributed by atoms with E-state index in [9.17, 15) is 24.5 Å². The molecule has 1 aliphatic rings. The summed E-state index contributed by atoms with van der Waals surface area (Å²) >= 11 is 0.745. The van der Waals surface area contributed by atoms with Gasteiger partial charge >= 0.3 is 0 Å². The van der Waals surface area contributed by atoms with Gasteiger partial charge in [-0.05, 0) is 73.3 Å². The minimum absolute atomic E-state index is 0.0351. The molecule has 2 heterocycles. The Balaban J connectivity index is 1.45. The molecule has 0 spiro atoms. The monoisotopic (exact) mass is 492 g/mol. The van der Waals surface area contributed by atoms with Crippen molar-refractivity contribution in [2.24, 2.45) is 0 Å². The van der Waals surface area contributed by atoms with E-state index >= 15 is 0 Å². The fourth-order valence-corrected chi connectivity index (χ4v) is 4.22. The van der Waals surface area contributed by atoms with Crippen molar-refractivity contribution in [1.82, 2.24) is 9.47 Å². The predicted octanol–water partition coefficient (Wildman–Crippen LogP) is 4.46.